The number of hydrogen-bond acceptors (Lipinski definition) is 4. The molecule has 0 aromatic rings. The van der Waals surface area contributed by atoms with Crippen LogP contribution >= 0.6 is 11.8 Å². The van der Waals surface area contributed by atoms with Crippen LogP contribution in [-0.4, -0.2) is 37.2 Å². The van der Waals surface area contributed by atoms with Crippen LogP contribution < -0.4 is 5.32 Å². The number of hydrogen-bond donors (Lipinski definition) is 1. The van der Waals surface area contributed by atoms with Gasteiger partial charge in [0.05, 0.1) is 12.5 Å². The Kier molecular flexibility index (Phi) is 6.10. The van der Waals surface area contributed by atoms with Crippen molar-refractivity contribution in [3.63, 3.8) is 0 Å². The van der Waals surface area contributed by atoms with E-state index in [4.69, 9.17) is 4.74 Å². The summed E-state index contributed by atoms with van der Waals surface area (Å²) in [4.78, 5) is 11.3. The number of carbonyl (C=O) groups excluding carboxylic acids is 1. The van der Waals surface area contributed by atoms with Crippen LogP contribution in [-0.2, 0) is 9.53 Å². The Labute approximate surface area is 96.3 Å². The second kappa shape index (κ2) is 7.12. The first-order chi connectivity index (χ1) is 7.24. The Balaban J connectivity index is 2.05. The summed E-state index contributed by atoms with van der Waals surface area (Å²) in [5.74, 6) is 3.23. The Bertz CT molecular complexity index is 193. The van der Waals surface area contributed by atoms with Crippen LogP contribution in [0.15, 0.2) is 0 Å². The maximum Gasteiger partial charge on any atom is 0.309 e. The highest BCUT2D eigenvalue weighted by Gasteiger charge is 2.17. The zero-order chi connectivity index (χ0) is 11.1. The van der Waals surface area contributed by atoms with E-state index in [0.29, 0.717) is 6.61 Å². The number of esters is 1. The third-order valence-corrected chi connectivity index (χ3v) is 3.83. The molecule has 1 saturated heterocycles. The molecule has 1 N–H and O–H groups in total. The van der Waals surface area contributed by atoms with E-state index in [2.05, 4.69) is 5.32 Å². The lowest BCUT2D eigenvalue weighted by Gasteiger charge is -2.13. The van der Waals surface area contributed by atoms with Crippen molar-refractivity contribution >= 4 is 17.7 Å². The molecular formula is C11H21NO2S. The zero-order valence-electron chi connectivity index (χ0n) is 9.62. The summed E-state index contributed by atoms with van der Waals surface area (Å²) in [7, 11) is 0. The number of nitrogens with one attached hydrogen (secondary N) is 1. The van der Waals surface area contributed by atoms with E-state index in [1.165, 1.54) is 17.9 Å². The number of carbonyl (C=O) groups is 1. The summed E-state index contributed by atoms with van der Waals surface area (Å²) in [6.45, 7) is 6.00. The molecule has 0 aliphatic carbocycles. The molecule has 0 aromatic carbocycles. The fourth-order valence-corrected chi connectivity index (χ4v) is 2.90. The first-order valence-electron chi connectivity index (χ1n) is 5.69. The SMILES string of the molecule is CCOC(=O)C(C)CNCC1CCSC1. The van der Waals surface area contributed by atoms with Crippen molar-refractivity contribution in [2.45, 2.75) is 20.3 Å². The van der Waals surface area contributed by atoms with Crippen molar-refractivity contribution in [1.29, 1.82) is 0 Å². The van der Waals surface area contributed by atoms with Crippen LogP contribution in [0.4, 0.5) is 0 Å². The van der Waals surface area contributed by atoms with Gasteiger partial charge in [0, 0.05) is 6.54 Å². The smallest absolute Gasteiger partial charge is 0.309 e. The van der Waals surface area contributed by atoms with Gasteiger partial charge in [-0.15, -0.1) is 0 Å². The Hall–Kier alpha value is -0.220. The molecular weight excluding hydrogens is 210 g/mol. The van der Waals surface area contributed by atoms with Gasteiger partial charge < -0.3 is 10.1 Å². The minimum absolute atomic E-state index is 0.0287. The topological polar surface area (TPSA) is 38.3 Å². The molecule has 0 radical (unpaired) electrons. The average molecular weight is 231 g/mol. The molecule has 1 fully saturated rings. The molecule has 0 amide bonds. The van der Waals surface area contributed by atoms with Crippen LogP contribution in [0.2, 0.25) is 0 Å². The van der Waals surface area contributed by atoms with Gasteiger partial charge in [-0.05, 0) is 37.3 Å². The van der Waals surface area contributed by atoms with E-state index in [0.717, 1.165) is 19.0 Å². The fourth-order valence-electron chi connectivity index (χ4n) is 1.62. The van der Waals surface area contributed by atoms with Gasteiger partial charge in [-0.3, -0.25) is 4.79 Å². The van der Waals surface area contributed by atoms with Gasteiger partial charge in [0.2, 0.25) is 0 Å². The molecule has 2 unspecified atom stereocenters. The molecule has 1 rings (SSSR count). The van der Waals surface area contributed by atoms with Crippen molar-refractivity contribution in [3.05, 3.63) is 0 Å². The van der Waals surface area contributed by atoms with Gasteiger partial charge >= 0.3 is 5.97 Å². The maximum atomic E-state index is 11.3. The van der Waals surface area contributed by atoms with E-state index in [-0.39, 0.29) is 11.9 Å². The largest absolute Gasteiger partial charge is 0.466 e. The van der Waals surface area contributed by atoms with Crippen LogP contribution in [0.3, 0.4) is 0 Å². The van der Waals surface area contributed by atoms with Crippen molar-refractivity contribution in [2.24, 2.45) is 11.8 Å². The van der Waals surface area contributed by atoms with E-state index >= 15 is 0 Å². The van der Waals surface area contributed by atoms with Crippen LogP contribution in [0, 0.1) is 11.8 Å². The lowest BCUT2D eigenvalue weighted by molar-refractivity contribution is -0.147. The molecule has 15 heavy (non-hydrogen) atoms. The molecule has 4 heteroatoms. The highest BCUT2D eigenvalue weighted by molar-refractivity contribution is 7.99. The standard InChI is InChI=1S/C11H21NO2S/c1-3-14-11(13)9(2)6-12-7-10-4-5-15-8-10/h9-10,12H,3-8H2,1-2H3. The summed E-state index contributed by atoms with van der Waals surface area (Å²) < 4.78 is 4.94. The van der Waals surface area contributed by atoms with Gasteiger partial charge in [0.25, 0.3) is 0 Å². The fraction of sp³-hybridized carbons (Fsp3) is 0.909. The summed E-state index contributed by atoms with van der Waals surface area (Å²) in [5.41, 5.74) is 0. The minimum atomic E-state index is -0.0919. The monoisotopic (exact) mass is 231 g/mol. The van der Waals surface area contributed by atoms with E-state index < -0.39 is 0 Å². The first-order valence-corrected chi connectivity index (χ1v) is 6.84. The van der Waals surface area contributed by atoms with Gasteiger partial charge in [0.1, 0.15) is 0 Å². The first kappa shape index (κ1) is 12.8. The molecule has 0 saturated carbocycles. The molecule has 0 aromatic heterocycles. The molecule has 0 spiro atoms. The second-order valence-electron chi connectivity index (χ2n) is 4.04. The normalized spacial score (nSPS) is 22.7. The minimum Gasteiger partial charge on any atom is -0.466 e. The molecule has 1 aliphatic rings. The quantitative estimate of drug-likeness (QED) is 0.704. The predicted molar refractivity (Wildman–Crippen MR) is 64.1 cm³/mol. The molecule has 1 aliphatic heterocycles. The van der Waals surface area contributed by atoms with Crippen molar-refractivity contribution in [3.8, 4) is 0 Å². The average Bonchev–Trinajstić information content (AvgIpc) is 2.71. The number of ether oxygens (including phenoxy) is 1. The Morgan fingerprint density at radius 1 is 1.67 bits per heavy atom. The second-order valence-corrected chi connectivity index (χ2v) is 5.19. The Morgan fingerprint density at radius 2 is 2.47 bits per heavy atom. The predicted octanol–water partition coefficient (Wildman–Crippen LogP) is 1.53. The third kappa shape index (κ3) is 4.89. The molecule has 0 bridgehead atoms. The summed E-state index contributed by atoms with van der Waals surface area (Å²) >= 11 is 2.02. The Morgan fingerprint density at radius 3 is 3.07 bits per heavy atom. The van der Waals surface area contributed by atoms with E-state index in [1.807, 2.05) is 25.6 Å². The molecule has 1 heterocycles. The van der Waals surface area contributed by atoms with Gasteiger partial charge in [-0.25, -0.2) is 0 Å². The van der Waals surface area contributed by atoms with Crippen molar-refractivity contribution in [1.82, 2.24) is 5.32 Å². The molecule has 3 nitrogen and oxygen atoms in total. The van der Waals surface area contributed by atoms with Crippen LogP contribution in [0.25, 0.3) is 0 Å². The lowest BCUT2D eigenvalue weighted by atomic mass is 10.1. The van der Waals surface area contributed by atoms with Crippen LogP contribution in [0.1, 0.15) is 20.3 Å². The number of rotatable bonds is 6. The zero-order valence-corrected chi connectivity index (χ0v) is 10.4. The van der Waals surface area contributed by atoms with Crippen molar-refractivity contribution in [2.75, 3.05) is 31.2 Å². The maximum absolute atomic E-state index is 11.3. The third-order valence-electron chi connectivity index (χ3n) is 2.60. The molecule has 88 valence electrons. The van der Waals surface area contributed by atoms with Gasteiger partial charge in [0.15, 0.2) is 0 Å². The van der Waals surface area contributed by atoms with E-state index in [1.54, 1.807) is 0 Å². The lowest BCUT2D eigenvalue weighted by Crippen LogP contribution is -2.31. The summed E-state index contributed by atoms with van der Waals surface area (Å²) in [6, 6.07) is 0. The highest BCUT2D eigenvalue weighted by atomic mass is 32.2. The van der Waals surface area contributed by atoms with Crippen molar-refractivity contribution < 1.29 is 9.53 Å². The van der Waals surface area contributed by atoms with Gasteiger partial charge in [-0.1, -0.05) is 6.92 Å². The van der Waals surface area contributed by atoms with Gasteiger partial charge in [-0.2, -0.15) is 11.8 Å². The van der Waals surface area contributed by atoms with Crippen LogP contribution in [0.5, 0.6) is 0 Å². The summed E-state index contributed by atoms with van der Waals surface area (Å²) in [5, 5.41) is 3.35. The molecule has 2 atom stereocenters. The van der Waals surface area contributed by atoms with E-state index in [9.17, 15) is 4.79 Å². The summed E-state index contributed by atoms with van der Waals surface area (Å²) in [6.07, 6.45) is 1.31. The number of thioether (sulfide) groups is 1. The highest BCUT2D eigenvalue weighted by Crippen LogP contribution is 2.22.